The van der Waals surface area contributed by atoms with Gasteiger partial charge in [0.25, 0.3) is 0 Å². The molecule has 0 heterocycles. The van der Waals surface area contributed by atoms with Crippen LogP contribution in [0.25, 0.3) is 0 Å². The van der Waals surface area contributed by atoms with Crippen LogP contribution in [-0.2, 0) is 13.0 Å². The maximum atomic E-state index is 3.62. The molecule has 0 aromatic heterocycles. The van der Waals surface area contributed by atoms with E-state index in [-0.39, 0.29) is 0 Å². The first-order chi connectivity index (χ1) is 8.78. The average molecular weight is 245 g/mol. The Morgan fingerprint density at radius 1 is 1.00 bits per heavy atom. The zero-order chi connectivity index (χ0) is 12.8. The summed E-state index contributed by atoms with van der Waals surface area (Å²) in [6.07, 6.45) is 6.83. The van der Waals surface area contributed by atoms with E-state index in [2.05, 4.69) is 43.4 Å². The summed E-state index contributed by atoms with van der Waals surface area (Å²) in [5, 5.41) is 3.62. The number of rotatable bonds is 5. The van der Waals surface area contributed by atoms with Gasteiger partial charge in [-0.1, -0.05) is 51.0 Å². The Bertz CT molecular complexity index is 333. The Balaban J connectivity index is 1.68. The molecule has 1 N–H and O–H groups in total. The first kappa shape index (κ1) is 13.6. The topological polar surface area (TPSA) is 12.0 Å². The Kier molecular flexibility index (Phi) is 5.25. The molecule has 0 radical (unpaired) electrons. The molecule has 18 heavy (non-hydrogen) atoms. The van der Waals surface area contributed by atoms with Gasteiger partial charge in [-0.2, -0.15) is 0 Å². The summed E-state index contributed by atoms with van der Waals surface area (Å²) in [5.74, 6) is 1.87. The lowest BCUT2D eigenvalue weighted by molar-refractivity contribution is 0.281. The van der Waals surface area contributed by atoms with Gasteiger partial charge < -0.3 is 5.32 Å². The Morgan fingerprint density at radius 2 is 1.61 bits per heavy atom. The molecule has 0 saturated heterocycles. The molecule has 0 atom stereocenters. The summed E-state index contributed by atoms with van der Waals surface area (Å²) in [7, 11) is 0. The predicted octanol–water partition coefficient (Wildman–Crippen LogP) is 4.16. The molecule has 1 fully saturated rings. The van der Waals surface area contributed by atoms with Crippen molar-refractivity contribution >= 4 is 0 Å². The summed E-state index contributed by atoms with van der Waals surface area (Å²) in [6.45, 7) is 6.81. The van der Waals surface area contributed by atoms with E-state index in [4.69, 9.17) is 0 Å². The van der Waals surface area contributed by atoms with Crippen LogP contribution in [0.1, 0.15) is 50.7 Å². The van der Waals surface area contributed by atoms with E-state index in [9.17, 15) is 0 Å². The van der Waals surface area contributed by atoms with Crippen molar-refractivity contribution in [1.29, 1.82) is 0 Å². The number of hydrogen-bond donors (Lipinski definition) is 1. The second-order valence-electron chi connectivity index (χ2n) is 5.93. The van der Waals surface area contributed by atoms with Crippen molar-refractivity contribution in [3.63, 3.8) is 0 Å². The van der Waals surface area contributed by atoms with Crippen LogP contribution in [0.4, 0.5) is 0 Å². The number of hydrogen-bond acceptors (Lipinski definition) is 1. The molecule has 0 bridgehead atoms. The largest absolute Gasteiger partial charge is 0.312 e. The molecule has 1 aliphatic rings. The van der Waals surface area contributed by atoms with E-state index < -0.39 is 0 Å². The first-order valence-corrected chi connectivity index (χ1v) is 7.56. The van der Waals surface area contributed by atoms with Gasteiger partial charge >= 0.3 is 0 Å². The zero-order valence-corrected chi connectivity index (χ0v) is 11.9. The Hall–Kier alpha value is -0.820. The third-order valence-electron chi connectivity index (χ3n) is 4.33. The van der Waals surface area contributed by atoms with E-state index >= 15 is 0 Å². The van der Waals surface area contributed by atoms with Crippen LogP contribution in [0.5, 0.6) is 0 Å². The second kappa shape index (κ2) is 6.94. The highest BCUT2D eigenvalue weighted by Crippen LogP contribution is 2.27. The molecule has 1 aromatic rings. The smallest absolute Gasteiger partial charge is 0.0205 e. The fourth-order valence-corrected chi connectivity index (χ4v) is 2.85. The van der Waals surface area contributed by atoms with Crippen molar-refractivity contribution in [2.24, 2.45) is 11.8 Å². The van der Waals surface area contributed by atoms with Gasteiger partial charge in [0.1, 0.15) is 0 Å². The summed E-state index contributed by atoms with van der Waals surface area (Å²) in [4.78, 5) is 0. The van der Waals surface area contributed by atoms with E-state index in [1.54, 1.807) is 0 Å². The van der Waals surface area contributed by atoms with Crippen LogP contribution in [0.3, 0.4) is 0 Å². The molecular formula is C17H27N. The van der Waals surface area contributed by atoms with Gasteiger partial charge in [-0.25, -0.2) is 0 Å². The van der Waals surface area contributed by atoms with E-state index in [1.807, 2.05) is 0 Å². The Morgan fingerprint density at radius 3 is 2.22 bits per heavy atom. The van der Waals surface area contributed by atoms with Crippen molar-refractivity contribution in [2.45, 2.75) is 52.5 Å². The van der Waals surface area contributed by atoms with E-state index in [0.717, 1.165) is 24.8 Å². The van der Waals surface area contributed by atoms with Crippen molar-refractivity contribution in [3.05, 3.63) is 35.4 Å². The molecule has 0 aliphatic heterocycles. The molecule has 1 nitrogen and oxygen atoms in total. The molecule has 1 saturated carbocycles. The van der Waals surface area contributed by atoms with Gasteiger partial charge in [-0.05, 0) is 48.8 Å². The van der Waals surface area contributed by atoms with Crippen molar-refractivity contribution in [3.8, 4) is 0 Å². The third kappa shape index (κ3) is 4.13. The van der Waals surface area contributed by atoms with E-state index in [0.29, 0.717) is 0 Å². The molecule has 2 rings (SSSR count). The minimum atomic E-state index is 0.913. The zero-order valence-electron chi connectivity index (χ0n) is 11.9. The average Bonchev–Trinajstić information content (AvgIpc) is 2.42. The highest BCUT2D eigenvalue weighted by molar-refractivity contribution is 5.22. The number of nitrogens with one attached hydrogen (secondary N) is 1. The maximum Gasteiger partial charge on any atom is 0.0205 e. The maximum absolute atomic E-state index is 3.62. The third-order valence-corrected chi connectivity index (χ3v) is 4.33. The SMILES string of the molecule is CCc1ccc(CNCC2CCC(C)CC2)cc1. The van der Waals surface area contributed by atoms with Crippen LogP contribution in [0.2, 0.25) is 0 Å². The molecular weight excluding hydrogens is 218 g/mol. The highest BCUT2D eigenvalue weighted by atomic mass is 14.9. The monoisotopic (exact) mass is 245 g/mol. The lowest BCUT2D eigenvalue weighted by Crippen LogP contribution is -2.25. The Labute approximate surface area is 112 Å². The number of aryl methyl sites for hydroxylation is 1. The molecule has 1 heteroatoms. The summed E-state index contributed by atoms with van der Waals surface area (Å²) < 4.78 is 0. The fraction of sp³-hybridized carbons (Fsp3) is 0.647. The van der Waals surface area contributed by atoms with Gasteiger partial charge in [-0.3, -0.25) is 0 Å². The van der Waals surface area contributed by atoms with Gasteiger partial charge in [0, 0.05) is 6.54 Å². The summed E-state index contributed by atoms with van der Waals surface area (Å²) >= 11 is 0. The minimum Gasteiger partial charge on any atom is -0.312 e. The van der Waals surface area contributed by atoms with Gasteiger partial charge in [0.2, 0.25) is 0 Å². The molecule has 0 amide bonds. The lowest BCUT2D eigenvalue weighted by atomic mass is 9.83. The van der Waals surface area contributed by atoms with Crippen molar-refractivity contribution < 1.29 is 0 Å². The predicted molar refractivity (Wildman–Crippen MR) is 78.6 cm³/mol. The summed E-state index contributed by atoms with van der Waals surface area (Å²) in [6, 6.07) is 9.02. The van der Waals surface area contributed by atoms with Crippen molar-refractivity contribution in [1.82, 2.24) is 5.32 Å². The molecule has 0 spiro atoms. The van der Waals surface area contributed by atoms with Crippen LogP contribution in [0.15, 0.2) is 24.3 Å². The molecule has 1 aromatic carbocycles. The van der Waals surface area contributed by atoms with Crippen LogP contribution in [-0.4, -0.2) is 6.54 Å². The minimum absolute atomic E-state index is 0.913. The van der Waals surface area contributed by atoms with Crippen LogP contribution >= 0.6 is 0 Å². The van der Waals surface area contributed by atoms with Gasteiger partial charge in [-0.15, -0.1) is 0 Å². The quantitative estimate of drug-likeness (QED) is 0.821. The van der Waals surface area contributed by atoms with Crippen LogP contribution < -0.4 is 5.32 Å². The van der Waals surface area contributed by atoms with Crippen LogP contribution in [0, 0.1) is 11.8 Å². The molecule has 100 valence electrons. The number of benzene rings is 1. The second-order valence-corrected chi connectivity index (χ2v) is 5.93. The first-order valence-electron chi connectivity index (χ1n) is 7.56. The molecule has 1 aliphatic carbocycles. The standard InChI is InChI=1S/C17H27N/c1-3-15-8-10-17(11-9-15)13-18-12-16-6-4-14(2)5-7-16/h8-11,14,16,18H,3-7,12-13H2,1-2H3. The van der Waals surface area contributed by atoms with Crippen molar-refractivity contribution in [2.75, 3.05) is 6.54 Å². The van der Waals surface area contributed by atoms with Gasteiger partial charge in [0.15, 0.2) is 0 Å². The lowest BCUT2D eigenvalue weighted by Gasteiger charge is -2.26. The summed E-state index contributed by atoms with van der Waals surface area (Å²) in [5.41, 5.74) is 2.84. The van der Waals surface area contributed by atoms with E-state index in [1.165, 1.54) is 43.4 Å². The highest BCUT2D eigenvalue weighted by Gasteiger charge is 2.17. The molecule has 0 unspecified atom stereocenters. The normalized spacial score (nSPS) is 24.1. The van der Waals surface area contributed by atoms with Gasteiger partial charge in [0.05, 0.1) is 0 Å². The fourth-order valence-electron chi connectivity index (χ4n) is 2.85.